The lowest BCUT2D eigenvalue weighted by Crippen LogP contribution is -2.18. The average molecular weight is 410 g/mol. The first-order valence-corrected chi connectivity index (χ1v) is 9.23. The normalized spacial score (nSPS) is 11.7. The summed E-state index contributed by atoms with van der Waals surface area (Å²) in [6.07, 6.45) is -4.63. The lowest BCUT2D eigenvalue weighted by Gasteiger charge is -2.13. The number of hydrogen-bond donors (Lipinski definition) is 1. The van der Waals surface area contributed by atoms with Crippen LogP contribution in [0.15, 0.2) is 66.7 Å². The zero-order valence-electron chi connectivity index (χ0n) is 16.0. The van der Waals surface area contributed by atoms with Gasteiger partial charge >= 0.3 is 6.18 Å². The van der Waals surface area contributed by atoms with E-state index in [1.165, 1.54) is 19.1 Å². The molecule has 7 heteroatoms. The zero-order chi connectivity index (χ0) is 21.5. The van der Waals surface area contributed by atoms with Gasteiger partial charge in [-0.25, -0.2) is 0 Å². The Bertz CT molecular complexity index is 1290. The van der Waals surface area contributed by atoms with Gasteiger partial charge in [0.05, 0.1) is 17.7 Å². The molecule has 4 aromatic rings. The van der Waals surface area contributed by atoms with Gasteiger partial charge < -0.3 is 9.88 Å². The van der Waals surface area contributed by atoms with Crippen molar-refractivity contribution < 1.29 is 22.8 Å². The Balaban J connectivity index is 1.76. The Morgan fingerprint density at radius 2 is 1.57 bits per heavy atom. The first kappa shape index (κ1) is 19.7. The maximum absolute atomic E-state index is 13.2. The van der Waals surface area contributed by atoms with Crippen molar-refractivity contribution in [2.45, 2.75) is 19.6 Å². The summed E-state index contributed by atoms with van der Waals surface area (Å²) in [7, 11) is 0. The second kappa shape index (κ2) is 7.33. The molecule has 0 fully saturated rings. The van der Waals surface area contributed by atoms with Crippen LogP contribution in [-0.2, 0) is 17.5 Å². The van der Waals surface area contributed by atoms with Crippen molar-refractivity contribution >= 4 is 39.2 Å². The molecule has 0 saturated carbocycles. The molecule has 4 nitrogen and oxygen atoms in total. The number of alkyl halides is 3. The van der Waals surface area contributed by atoms with Crippen LogP contribution >= 0.6 is 0 Å². The number of benzene rings is 3. The molecule has 0 aliphatic rings. The number of anilines is 1. The van der Waals surface area contributed by atoms with Crippen LogP contribution in [0.5, 0.6) is 0 Å². The van der Waals surface area contributed by atoms with Crippen LogP contribution in [0.4, 0.5) is 18.9 Å². The van der Waals surface area contributed by atoms with Gasteiger partial charge in [0.1, 0.15) is 5.78 Å². The molecule has 0 bridgehead atoms. The van der Waals surface area contributed by atoms with Crippen molar-refractivity contribution in [1.82, 2.24) is 4.57 Å². The standard InChI is InChI=1S/C23H17F3N2O2/c1-14(29)13-28-20-9-5-3-6-16(20)18-12-15(10-11-21(18)28)27-22(30)17-7-2-4-8-19(17)23(24,25)26/h2-12H,13H2,1H3,(H,27,30). The lowest BCUT2D eigenvalue weighted by molar-refractivity contribution is -0.137. The second-order valence-electron chi connectivity index (χ2n) is 7.03. The molecular weight excluding hydrogens is 393 g/mol. The first-order valence-electron chi connectivity index (χ1n) is 9.23. The number of nitrogens with one attached hydrogen (secondary N) is 1. The number of ketones is 1. The summed E-state index contributed by atoms with van der Waals surface area (Å²) in [5, 5.41) is 4.25. The summed E-state index contributed by atoms with van der Waals surface area (Å²) in [6, 6.07) is 17.3. The van der Waals surface area contributed by atoms with Crippen LogP contribution in [0.2, 0.25) is 0 Å². The Kier molecular flexibility index (Phi) is 4.81. The van der Waals surface area contributed by atoms with E-state index in [1.54, 1.807) is 18.2 Å². The summed E-state index contributed by atoms with van der Waals surface area (Å²) in [4.78, 5) is 24.3. The van der Waals surface area contributed by atoms with Gasteiger partial charge in [0.15, 0.2) is 0 Å². The minimum absolute atomic E-state index is 0.00112. The molecule has 1 amide bonds. The summed E-state index contributed by atoms with van der Waals surface area (Å²) < 4.78 is 41.6. The third-order valence-electron chi connectivity index (χ3n) is 4.89. The van der Waals surface area contributed by atoms with Crippen LogP contribution in [0.3, 0.4) is 0 Å². The summed E-state index contributed by atoms with van der Waals surface area (Å²) in [5.41, 5.74) is 0.620. The number of rotatable bonds is 4. The highest BCUT2D eigenvalue weighted by atomic mass is 19.4. The van der Waals surface area contributed by atoms with Crippen molar-refractivity contribution in [3.63, 3.8) is 0 Å². The van der Waals surface area contributed by atoms with Crippen LogP contribution in [0, 0.1) is 0 Å². The van der Waals surface area contributed by atoms with Gasteiger partial charge in [-0.2, -0.15) is 13.2 Å². The maximum atomic E-state index is 13.2. The number of para-hydroxylation sites is 1. The smallest absolute Gasteiger partial charge is 0.333 e. The van der Waals surface area contributed by atoms with Gasteiger partial charge in [-0.05, 0) is 43.3 Å². The van der Waals surface area contributed by atoms with Gasteiger partial charge in [0, 0.05) is 27.5 Å². The number of aromatic nitrogens is 1. The molecule has 0 spiro atoms. The monoisotopic (exact) mass is 410 g/mol. The second-order valence-corrected chi connectivity index (χ2v) is 7.03. The van der Waals surface area contributed by atoms with E-state index < -0.39 is 23.2 Å². The molecule has 0 atom stereocenters. The van der Waals surface area contributed by atoms with Crippen LogP contribution in [-0.4, -0.2) is 16.3 Å². The highest BCUT2D eigenvalue weighted by molar-refractivity contribution is 6.11. The number of halogens is 3. The van der Waals surface area contributed by atoms with Gasteiger partial charge in [-0.1, -0.05) is 30.3 Å². The molecule has 4 rings (SSSR count). The first-order chi connectivity index (χ1) is 14.3. The number of Topliss-reactive ketones (excluding diaryl/α,β-unsaturated/α-hetero) is 1. The van der Waals surface area contributed by atoms with Gasteiger partial charge in [0.2, 0.25) is 0 Å². The third kappa shape index (κ3) is 3.54. The maximum Gasteiger partial charge on any atom is 0.417 e. The molecule has 3 aromatic carbocycles. The minimum atomic E-state index is -4.63. The fourth-order valence-electron chi connectivity index (χ4n) is 3.65. The van der Waals surface area contributed by atoms with Gasteiger partial charge in [-0.15, -0.1) is 0 Å². The van der Waals surface area contributed by atoms with E-state index >= 15 is 0 Å². The highest BCUT2D eigenvalue weighted by Crippen LogP contribution is 2.33. The molecule has 0 saturated heterocycles. The molecule has 1 N–H and O–H groups in total. The minimum Gasteiger partial charge on any atom is -0.333 e. The molecule has 0 unspecified atom stereocenters. The third-order valence-corrected chi connectivity index (χ3v) is 4.89. The largest absolute Gasteiger partial charge is 0.417 e. The molecule has 1 aromatic heterocycles. The zero-order valence-corrected chi connectivity index (χ0v) is 16.0. The SMILES string of the molecule is CC(=O)Cn1c2ccccc2c2cc(NC(=O)c3ccccc3C(F)(F)F)ccc21. The molecule has 0 aliphatic carbocycles. The summed E-state index contributed by atoms with van der Waals surface area (Å²) in [6.45, 7) is 1.71. The molecule has 30 heavy (non-hydrogen) atoms. The van der Waals surface area contributed by atoms with Crippen molar-refractivity contribution in [2.75, 3.05) is 5.32 Å². The van der Waals surface area contributed by atoms with Crippen molar-refractivity contribution in [3.8, 4) is 0 Å². The highest BCUT2D eigenvalue weighted by Gasteiger charge is 2.34. The molecule has 152 valence electrons. The summed E-state index contributed by atoms with van der Waals surface area (Å²) in [5.74, 6) is -0.839. The molecule has 0 aliphatic heterocycles. The molecule has 0 radical (unpaired) electrons. The average Bonchev–Trinajstić information content (AvgIpc) is 3.00. The number of hydrogen-bond acceptors (Lipinski definition) is 2. The topological polar surface area (TPSA) is 51.1 Å². The van der Waals surface area contributed by atoms with Gasteiger partial charge in [-0.3, -0.25) is 9.59 Å². The van der Waals surface area contributed by atoms with Gasteiger partial charge in [0.25, 0.3) is 5.91 Å². The van der Waals surface area contributed by atoms with E-state index in [0.717, 1.165) is 33.9 Å². The fraction of sp³-hybridized carbons (Fsp3) is 0.130. The van der Waals surface area contributed by atoms with E-state index in [-0.39, 0.29) is 12.3 Å². The van der Waals surface area contributed by atoms with E-state index in [9.17, 15) is 22.8 Å². The number of fused-ring (bicyclic) bond motifs is 3. The van der Waals surface area contributed by atoms with Crippen molar-refractivity contribution in [1.29, 1.82) is 0 Å². The Morgan fingerprint density at radius 1 is 0.900 bits per heavy atom. The van der Waals surface area contributed by atoms with Crippen molar-refractivity contribution in [2.24, 2.45) is 0 Å². The Morgan fingerprint density at radius 3 is 2.30 bits per heavy atom. The molecular formula is C23H17F3N2O2. The molecule has 1 heterocycles. The number of nitrogens with zero attached hydrogens (tertiary/aromatic N) is 1. The number of amides is 1. The van der Waals surface area contributed by atoms with E-state index in [4.69, 9.17) is 0 Å². The van der Waals surface area contributed by atoms with Crippen LogP contribution < -0.4 is 5.32 Å². The van der Waals surface area contributed by atoms with E-state index in [1.807, 2.05) is 28.8 Å². The van der Waals surface area contributed by atoms with E-state index in [0.29, 0.717) is 5.69 Å². The predicted octanol–water partition coefficient (Wildman–Crippen LogP) is 5.65. The van der Waals surface area contributed by atoms with E-state index in [2.05, 4.69) is 5.32 Å². The summed E-state index contributed by atoms with van der Waals surface area (Å²) >= 11 is 0. The number of carbonyl (C=O) groups is 2. The van der Waals surface area contributed by atoms with Crippen LogP contribution in [0.1, 0.15) is 22.8 Å². The Labute approximate surface area is 169 Å². The fourth-order valence-corrected chi connectivity index (χ4v) is 3.65. The number of carbonyl (C=O) groups excluding carboxylic acids is 2. The van der Waals surface area contributed by atoms with Crippen molar-refractivity contribution in [3.05, 3.63) is 77.9 Å². The van der Waals surface area contributed by atoms with Crippen LogP contribution in [0.25, 0.3) is 21.8 Å². The lowest BCUT2D eigenvalue weighted by atomic mass is 10.1. The predicted molar refractivity (Wildman–Crippen MR) is 110 cm³/mol. The Hall–Kier alpha value is -3.61. The quantitative estimate of drug-likeness (QED) is 0.472.